The average molecular weight is 469 g/mol. The second-order valence-electron chi connectivity index (χ2n) is 7.91. The molecule has 1 atom stereocenters. The van der Waals surface area contributed by atoms with Crippen molar-refractivity contribution in [2.24, 2.45) is 0 Å². The first-order chi connectivity index (χ1) is 15.9. The first-order valence-corrected chi connectivity index (χ1v) is 11.4. The van der Waals surface area contributed by atoms with Crippen molar-refractivity contribution in [2.45, 2.75) is 45.6 Å². The van der Waals surface area contributed by atoms with Gasteiger partial charge in [0.1, 0.15) is 11.5 Å². The summed E-state index contributed by atoms with van der Waals surface area (Å²) in [5, 5.41) is 9.37. The van der Waals surface area contributed by atoms with Crippen LogP contribution in [0.1, 0.15) is 37.3 Å². The molecule has 0 aliphatic carbocycles. The highest BCUT2D eigenvalue weighted by Gasteiger charge is 2.12. The van der Waals surface area contributed by atoms with E-state index in [1.807, 2.05) is 68.4 Å². The van der Waals surface area contributed by atoms with Crippen molar-refractivity contribution in [3.05, 3.63) is 82.9 Å². The van der Waals surface area contributed by atoms with Crippen molar-refractivity contribution in [1.29, 1.82) is 0 Å². The number of ether oxygens (including phenoxy) is 3. The molecular formula is C27H29ClO5. The number of halogens is 1. The molecule has 6 heteroatoms. The van der Waals surface area contributed by atoms with Crippen LogP contribution in [0.4, 0.5) is 0 Å². The number of aliphatic carboxylic acids is 1. The molecule has 0 aliphatic rings. The van der Waals surface area contributed by atoms with Gasteiger partial charge in [0.15, 0.2) is 11.5 Å². The molecule has 174 valence electrons. The summed E-state index contributed by atoms with van der Waals surface area (Å²) in [5.74, 6) is 1.93. The van der Waals surface area contributed by atoms with Crippen LogP contribution in [0.3, 0.4) is 0 Å². The monoisotopic (exact) mass is 468 g/mol. The van der Waals surface area contributed by atoms with E-state index in [1.54, 1.807) is 12.1 Å². The quantitative estimate of drug-likeness (QED) is 0.307. The van der Waals surface area contributed by atoms with E-state index in [0.29, 0.717) is 41.7 Å². The van der Waals surface area contributed by atoms with Crippen molar-refractivity contribution < 1.29 is 24.1 Å². The molecule has 0 aliphatic heterocycles. The molecule has 0 saturated carbocycles. The Balaban J connectivity index is 1.51. The lowest BCUT2D eigenvalue weighted by Crippen LogP contribution is -2.16. The fourth-order valence-corrected chi connectivity index (χ4v) is 3.52. The Kier molecular flexibility index (Phi) is 9.02. The molecule has 3 rings (SSSR count). The number of carboxylic acid groups (broad SMARTS) is 1. The number of benzene rings is 3. The van der Waals surface area contributed by atoms with Gasteiger partial charge in [-0.1, -0.05) is 35.9 Å². The number of rotatable bonds is 12. The molecule has 3 aromatic carbocycles. The number of carboxylic acids is 1. The van der Waals surface area contributed by atoms with Crippen molar-refractivity contribution in [2.75, 3.05) is 6.61 Å². The maximum Gasteiger partial charge on any atom is 0.303 e. The topological polar surface area (TPSA) is 65.0 Å². The standard InChI is InChI=1S/C27H29ClO5/c1-19-17-24(13-11-21(19)7-6-10-27(29)30)31-16-15-20(2)32-25-14-12-22(28)18-26(25)33-23-8-4-3-5-9-23/h3-5,8-9,11-14,17-18,20H,6-7,10,15-16H2,1-2H3,(H,29,30). The van der Waals surface area contributed by atoms with Crippen LogP contribution < -0.4 is 14.2 Å². The molecule has 33 heavy (non-hydrogen) atoms. The molecule has 5 nitrogen and oxygen atoms in total. The highest BCUT2D eigenvalue weighted by atomic mass is 35.5. The van der Waals surface area contributed by atoms with E-state index < -0.39 is 5.97 Å². The summed E-state index contributed by atoms with van der Waals surface area (Å²) in [6, 6.07) is 20.8. The summed E-state index contributed by atoms with van der Waals surface area (Å²) in [6.07, 6.45) is 2.15. The van der Waals surface area contributed by atoms with Crippen molar-refractivity contribution >= 4 is 17.6 Å². The summed E-state index contributed by atoms with van der Waals surface area (Å²) in [5.41, 5.74) is 2.25. The Hall–Kier alpha value is -3.18. The van der Waals surface area contributed by atoms with E-state index in [2.05, 4.69) is 0 Å². The first-order valence-electron chi connectivity index (χ1n) is 11.0. The van der Waals surface area contributed by atoms with Crippen LogP contribution in [-0.4, -0.2) is 23.8 Å². The second-order valence-corrected chi connectivity index (χ2v) is 8.34. The summed E-state index contributed by atoms with van der Waals surface area (Å²) in [4.78, 5) is 10.7. The molecule has 1 unspecified atom stereocenters. The first kappa shape index (κ1) is 24.5. The van der Waals surface area contributed by atoms with E-state index in [9.17, 15) is 4.79 Å². The van der Waals surface area contributed by atoms with Gasteiger partial charge in [-0.05, 0) is 74.2 Å². The van der Waals surface area contributed by atoms with E-state index in [4.69, 9.17) is 30.9 Å². The third-order valence-electron chi connectivity index (χ3n) is 5.15. The maximum atomic E-state index is 10.7. The summed E-state index contributed by atoms with van der Waals surface area (Å²) >= 11 is 6.16. The lowest BCUT2D eigenvalue weighted by Gasteiger charge is -2.18. The van der Waals surface area contributed by atoms with Gasteiger partial charge in [-0.25, -0.2) is 0 Å². The predicted octanol–water partition coefficient (Wildman–Crippen LogP) is 7.08. The van der Waals surface area contributed by atoms with Crippen molar-refractivity contribution in [1.82, 2.24) is 0 Å². The minimum absolute atomic E-state index is 0.0966. The Bertz CT molecular complexity index is 1050. The smallest absolute Gasteiger partial charge is 0.303 e. The zero-order valence-corrected chi connectivity index (χ0v) is 19.7. The Labute approximate surface area is 199 Å². The maximum absolute atomic E-state index is 10.7. The number of carbonyl (C=O) groups is 1. The summed E-state index contributed by atoms with van der Waals surface area (Å²) in [6.45, 7) is 4.51. The minimum atomic E-state index is -0.763. The van der Waals surface area contributed by atoms with Crippen LogP contribution in [0.25, 0.3) is 0 Å². The molecule has 0 saturated heterocycles. The lowest BCUT2D eigenvalue weighted by molar-refractivity contribution is -0.137. The summed E-state index contributed by atoms with van der Waals surface area (Å²) in [7, 11) is 0. The van der Waals surface area contributed by atoms with Gasteiger partial charge in [-0.15, -0.1) is 0 Å². The fraction of sp³-hybridized carbons (Fsp3) is 0.296. The second kappa shape index (κ2) is 12.2. The molecule has 0 spiro atoms. The Morgan fingerprint density at radius 1 is 1.00 bits per heavy atom. The number of hydrogen-bond acceptors (Lipinski definition) is 4. The third-order valence-corrected chi connectivity index (χ3v) is 5.38. The van der Waals surface area contributed by atoms with E-state index >= 15 is 0 Å². The molecule has 0 radical (unpaired) electrons. The predicted molar refractivity (Wildman–Crippen MR) is 130 cm³/mol. The Morgan fingerprint density at radius 2 is 1.79 bits per heavy atom. The van der Waals surface area contributed by atoms with E-state index in [0.717, 1.165) is 23.3 Å². The molecular weight excluding hydrogens is 440 g/mol. The zero-order valence-electron chi connectivity index (χ0n) is 18.9. The minimum Gasteiger partial charge on any atom is -0.493 e. The normalized spacial score (nSPS) is 11.6. The molecule has 3 aromatic rings. The average Bonchev–Trinajstić information content (AvgIpc) is 2.77. The Morgan fingerprint density at radius 3 is 2.52 bits per heavy atom. The van der Waals surface area contributed by atoms with Crippen LogP contribution in [0.2, 0.25) is 5.02 Å². The van der Waals surface area contributed by atoms with Crippen molar-refractivity contribution in [3.63, 3.8) is 0 Å². The number of hydrogen-bond donors (Lipinski definition) is 1. The highest BCUT2D eigenvalue weighted by molar-refractivity contribution is 6.30. The number of para-hydroxylation sites is 1. The van der Waals surface area contributed by atoms with Gasteiger partial charge in [-0.2, -0.15) is 0 Å². The largest absolute Gasteiger partial charge is 0.493 e. The lowest BCUT2D eigenvalue weighted by atomic mass is 10.0. The highest BCUT2D eigenvalue weighted by Crippen LogP contribution is 2.35. The molecule has 0 heterocycles. The molecule has 0 amide bonds. The third kappa shape index (κ3) is 8.03. The summed E-state index contributed by atoms with van der Waals surface area (Å²) < 4.78 is 18.0. The van der Waals surface area contributed by atoms with Gasteiger partial charge >= 0.3 is 5.97 Å². The molecule has 0 fully saturated rings. The van der Waals surface area contributed by atoms with Gasteiger partial charge in [0.05, 0.1) is 12.7 Å². The van der Waals surface area contributed by atoms with E-state index in [1.165, 1.54) is 0 Å². The van der Waals surface area contributed by atoms with Crippen LogP contribution in [0, 0.1) is 6.92 Å². The SMILES string of the molecule is Cc1cc(OCCC(C)Oc2ccc(Cl)cc2Oc2ccccc2)ccc1CCCC(=O)O. The van der Waals surface area contributed by atoms with E-state index in [-0.39, 0.29) is 12.5 Å². The van der Waals surface area contributed by atoms with Gasteiger partial charge in [-0.3, -0.25) is 4.79 Å². The van der Waals surface area contributed by atoms with Gasteiger partial charge in [0.25, 0.3) is 0 Å². The van der Waals surface area contributed by atoms with Crippen LogP contribution in [0.15, 0.2) is 66.7 Å². The van der Waals surface area contributed by atoms with Gasteiger partial charge in [0, 0.05) is 23.9 Å². The molecule has 1 N–H and O–H groups in total. The van der Waals surface area contributed by atoms with Crippen LogP contribution in [0.5, 0.6) is 23.0 Å². The van der Waals surface area contributed by atoms with Crippen molar-refractivity contribution in [3.8, 4) is 23.0 Å². The van der Waals surface area contributed by atoms with Crippen LogP contribution >= 0.6 is 11.6 Å². The van der Waals surface area contributed by atoms with Gasteiger partial charge in [0.2, 0.25) is 0 Å². The fourth-order valence-electron chi connectivity index (χ4n) is 3.36. The van der Waals surface area contributed by atoms with Gasteiger partial charge < -0.3 is 19.3 Å². The zero-order chi connectivity index (χ0) is 23.6. The van der Waals surface area contributed by atoms with Crippen LogP contribution in [-0.2, 0) is 11.2 Å². The molecule has 0 aromatic heterocycles. The molecule has 0 bridgehead atoms. The number of aryl methyl sites for hydroxylation is 2.